The van der Waals surface area contributed by atoms with Crippen LogP contribution in [-0.2, 0) is 6.54 Å². The van der Waals surface area contributed by atoms with Gasteiger partial charge >= 0.3 is 0 Å². The highest BCUT2D eigenvalue weighted by Gasteiger charge is 2.23. The number of halogens is 1. The Morgan fingerprint density at radius 2 is 1.86 bits per heavy atom. The van der Waals surface area contributed by atoms with Crippen molar-refractivity contribution in [3.8, 4) is 0 Å². The molecule has 1 atom stereocenters. The van der Waals surface area contributed by atoms with Crippen molar-refractivity contribution < 1.29 is 0 Å². The Bertz CT molecular complexity index is 752. The summed E-state index contributed by atoms with van der Waals surface area (Å²) in [5.41, 5.74) is 3.67. The van der Waals surface area contributed by atoms with Crippen molar-refractivity contribution in [3.63, 3.8) is 0 Å². The van der Waals surface area contributed by atoms with Crippen LogP contribution in [0, 0.1) is 13.8 Å². The van der Waals surface area contributed by atoms with Gasteiger partial charge in [-0.15, -0.1) is 24.0 Å². The van der Waals surface area contributed by atoms with Gasteiger partial charge in [0.15, 0.2) is 5.96 Å². The molecule has 1 fully saturated rings. The molecule has 0 bridgehead atoms. The number of hydrogen-bond acceptors (Lipinski definition) is 3. The Morgan fingerprint density at radius 3 is 2.48 bits per heavy atom. The summed E-state index contributed by atoms with van der Waals surface area (Å²) in [6, 6.07) is 13.3. The van der Waals surface area contributed by atoms with E-state index in [1.54, 1.807) is 0 Å². The van der Waals surface area contributed by atoms with E-state index >= 15 is 0 Å². The third kappa shape index (κ3) is 6.99. The maximum Gasteiger partial charge on any atom is 0.191 e. The van der Waals surface area contributed by atoms with Gasteiger partial charge in [0.05, 0.1) is 11.7 Å². The van der Waals surface area contributed by atoms with Gasteiger partial charge in [-0.3, -0.25) is 14.6 Å². The average Bonchev–Trinajstić information content (AvgIpc) is 3.34. The summed E-state index contributed by atoms with van der Waals surface area (Å²) >= 11 is 0. The second-order valence-electron chi connectivity index (χ2n) is 7.55. The van der Waals surface area contributed by atoms with E-state index in [1.165, 1.54) is 37.2 Å². The van der Waals surface area contributed by atoms with E-state index in [2.05, 4.69) is 73.6 Å². The lowest BCUT2D eigenvalue weighted by Crippen LogP contribution is -2.43. The van der Waals surface area contributed by atoms with E-state index in [1.807, 2.05) is 14.0 Å². The van der Waals surface area contributed by atoms with Gasteiger partial charge in [0, 0.05) is 32.4 Å². The monoisotopic (exact) mass is 510 g/mol. The lowest BCUT2D eigenvalue weighted by molar-refractivity contribution is 0.245. The minimum atomic E-state index is 0. The van der Waals surface area contributed by atoms with Crippen molar-refractivity contribution in [3.05, 3.63) is 53.3 Å². The Hall–Kier alpha value is -1.61. The van der Waals surface area contributed by atoms with Gasteiger partial charge in [-0.25, -0.2) is 0 Å². The van der Waals surface area contributed by atoms with Crippen LogP contribution in [0.5, 0.6) is 0 Å². The highest BCUT2D eigenvalue weighted by Crippen LogP contribution is 2.24. The molecule has 3 rings (SSSR count). The van der Waals surface area contributed by atoms with Crippen LogP contribution < -0.4 is 10.6 Å². The molecular formula is C22H35IN6. The van der Waals surface area contributed by atoms with Gasteiger partial charge in [0.25, 0.3) is 0 Å². The van der Waals surface area contributed by atoms with Gasteiger partial charge in [-0.05, 0) is 57.8 Å². The normalized spacial score (nSPS) is 15.8. The molecule has 2 aromatic rings. The number of nitrogens with one attached hydrogen (secondary N) is 2. The number of aromatic nitrogens is 2. The van der Waals surface area contributed by atoms with Crippen LogP contribution in [0.1, 0.15) is 42.3 Å². The van der Waals surface area contributed by atoms with Gasteiger partial charge in [-0.2, -0.15) is 5.10 Å². The Balaban J connectivity index is 0.00000300. The van der Waals surface area contributed by atoms with Crippen molar-refractivity contribution >= 4 is 29.9 Å². The first kappa shape index (κ1) is 23.7. The zero-order valence-corrected chi connectivity index (χ0v) is 20.2. The van der Waals surface area contributed by atoms with Crippen LogP contribution in [0.15, 0.2) is 41.4 Å². The first-order chi connectivity index (χ1) is 13.7. The summed E-state index contributed by atoms with van der Waals surface area (Å²) in [5, 5.41) is 11.5. The van der Waals surface area contributed by atoms with Gasteiger partial charge in [-0.1, -0.05) is 30.3 Å². The lowest BCUT2D eigenvalue weighted by atomic mass is 10.1. The summed E-state index contributed by atoms with van der Waals surface area (Å²) in [6.07, 6.45) is 3.60. The van der Waals surface area contributed by atoms with Crippen LogP contribution in [0.4, 0.5) is 0 Å². The molecule has 0 saturated carbocycles. The van der Waals surface area contributed by atoms with Crippen LogP contribution in [0.2, 0.25) is 0 Å². The Kier molecular flexibility index (Phi) is 9.93. The summed E-state index contributed by atoms with van der Waals surface area (Å²) < 4.78 is 2.08. The van der Waals surface area contributed by atoms with E-state index in [-0.39, 0.29) is 24.0 Å². The molecule has 0 radical (unpaired) electrons. The minimum Gasteiger partial charge on any atom is -0.356 e. The number of benzene rings is 1. The molecular weight excluding hydrogens is 475 g/mol. The highest BCUT2D eigenvalue weighted by molar-refractivity contribution is 14.0. The standard InChI is InChI=1S/C22H34N6.HI/c1-18-16-19(2)28(26-18)15-9-12-24-22(23-3)25-17-21(27-13-7-8-14-27)20-10-5-4-6-11-20;/h4-6,10-11,16,21H,7-9,12-15,17H2,1-3H3,(H2,23,24,25);1H. The quantitative estimate of drug-likeness (QED) is 0.247. The molecule has 1 unspecified atom stereocenters. The van der Waals surface area contributed by atoms with Crippen molar-refractivity contribution in [2.75, 3.05) is 33.2 Å². The maximum absolute atomic E-state index is 4.52. The molecule has 1 aromatic heterocycles. The number of hydrogen-bond donors (Lipinski definition) is 2. The largest absolute Gasteiger partial charge is 0.356 e. The van der Waals surface area contributed by atoms with Gasteiger partial charge in [0.1, 0.15) is 0 Å². The van der Waals surface area contributed by atoms with Crippen LogP contribution in [0.3, 0.4) is 0 Å². The summed E-state index contributed by atoms with van der Waals surface area (Å²) in [6.45, 7) is 9.15. The molecule has 0 aliphatic carbocycles. The molecule has 2 heterocycles. The van der Waals surface area contributed by atoms with E-state index in [0.29, 0.717) is 6.04 Å². The molecule has 6 nitrogen and oxygen atoms in total. The molecule has 1 aliphatic heterocycles. The van der Waals surface area contributed by atoms with Crippen molar-refractivity contribution in [2.24, 2.45) is 4.99 Å². The van der Waals surface area contributed by atoms with Crippen LogP contribution >= 0.6 is 24.0 Å². The van der Waals surface area contributed by atoms with Gasteiger partial charge in [0.2, 0.25) is 0 Å². The topological polar surface area (TPSA) is 57.5 Å². The molecule has 0 spiro atoms. The molecule has 1 aromatic carbocycles. The van der Waals surface area contributed by atoms with Crippen molar-refractivity contribution in [1.82, 2.24) is 25.3 Å². The van der Waals surface area contributed by atoms with E-state index in [9.17, 15) is 0 Å². The number of rotatable bonds is 8. The zero-order valence-electron chi connectivity index (χ0n) is 17.9. The highest BCUT2D eigenvalue weighted by atomic mass is 127. The summed E-state index contributed by atoms with van der Waals surface area (Å²) in [4.78, 5) is 6.98. The maximum atomic E-state index is 4.52. The summed E-state index contributed by atoms with van der Waals surface area (Å²) in [5.74, 6) is 0.869. The number of aliphatic imine (C=N–C) groups is 1. The van der Waals surface area contributed by atoms with E-state index in [0.717, 1.165) is 37.7 Å². The number of guanidine groups is 1. The summed E-state index contributed by atoms with van der Waals surface area (Å²) in [7, 11) is 1.84. The first-order valence-electron chi connectivity index (χ1n) is 10.4. The van der Waals surface area contributed by atoms with Gasteiger partial charge < -0.3 is 10.6 Å². The third-order valence-corrected chi connectivity index (χ3v) is 5.39. The molecule has 1 aliphatic rings. The molecule has 160 valence electrons. The average molecular weight is 510 g/mol. The SMILES string of the molecule is CN=C(NCCCn1nc(C)cc1C)NCC(c1ccccc1)N1CCCC1.I. The van der Waals surface area contributed by atoms with Crippen LogP contribution in [-0.4, -0.2) is 53.9 Å². The minimum absolute atomic E-state index is 0. The molecule has 1 saturated heterocycles. The van der Waals surface area contributed by atoms with Crippen LogP contribution in [0.25, 0.3) is 0 Å². The zero-order chi connectivity index (χ0) is 19.8. The smallest absolute Gasteiger partial charge is 0.191 e. The second-order valence-corrected chi connectivity index (χ2v) is 7.55. The molecule has 7 heteroatoms. The fourth-order valence-electron chi connectivity index (χ4n) is 3.94. The van der Waals surface area contributed by atoms with E-state index < -0.39 is 0 Å². The Labute approximate surface area is 192 Å². The Morgan fingerprint density at radius 1 is 1.14 bits per heavy atom. The van der Waals surface area contributed by atoms with E-state index in [4.69, 9.17) is 0 Å². The third-order valence-electron chi connectivity index (χ3n) is 5.39. The lowest BCUT2D eigenvalue weighted by Gasteiger charge is -2.29. The van der Waals surface area contributed by atoms with Crippen molar-refractivity contribution in [2.45, 2.75) is 45.7 Å². The first-order valence-corrected chi connectivity index (χ1v) is 10.4. The number of likely N-dealkylation sites (tertiary alicyclic amines) is 1. The van der Waals surface area contributed by atoms with Crippen molar-refractivity contribution in [1.29, 1.82) is 0 Å². The molecule has 29 heavy (non-hydrogen) atoms. The second kappa shape index (κ2) is 12.2. The predicted molar refractivity (Wildman–Crippen MR) is 131 cm³/mol. The number of aryl methyl sites for hydroxylation is 3. The molecule has 0 amide bonds. The molecule has 2 N–H and O–H groups in total. The number of nitrogens with zero attached hydrogens (tertiary/aromatic N) is 4. The fraction of sp³-hybridized carbons (Fsp3) is 0.545. The predicted octanol–water partition coefficient (Wildman–Crippen LogP) is 3.51. The fourth-order valence-corrected chi connectivity index (χ4v) is 3.94.